The zero-order valence-electron chi connectivity index (χ0n) is 43.2. The minimum Gasteiger partial charge on any atom is -0.455 e. The molecule has 0 amide bonds. The largest absolute Gasteiger partial charge is 0.455 e. The van der Waals surface area contributed by atoms with Crippen LogP contribution >= 0.6 is 0 Å². The third kappa shape index (κ3) is 45.5. The summed E-state index contributed by atoms with van der Waals surface area (Å²) in [6.45, 7) is 36.7. The molecule has 0 spiro atoms. The Hall–Kier alpha value is 0.348. The Morgan fingerprint density at radius 2 is 0.839 bits per heavy atom. The zero-order valence-corrected chi connectivity index (χ0v) is 47.2. The SMILES string of the molecule is CC.CCC(O)COCCC[Si](C)(C)O[Si](C)(C)CCCOCC(O)CC.CCN(CCCCCCNC)CC(O)COCCC[Si](C)(C)O[Si](C)(C)CCCOCC(O)CN. The molecule has 62 heavy (non-hydrogen) atoms. The van der Waals surface area contributed by atoms with Crippen LogP contribution in [-0.4, -0.2) is 176 Å². The highest BCUT2D eigenvalue weighted by molar-refractivity contribution is 6.85. The van der Waals surface area contributed by atoms with Gasteiger partial charge in [-0.2, -0.15) is 0 Å². The summed E-state index contributed by atoms with van der Waals surface area (Å²) in [6, 6.07) is 4.29. The van der Waals surface area contributed by atoms with Gasteiger partial charge in [-0.25, -0.2) is 0 Å². The van der Waals surface area contributed by atoms with E-state index in [0.717, 1.165) is 82.3 Å². The number of ether oxygens (including phenoxy) is 4. The molecule has 0 saturated carbocycles. The van der Waals surface area contributed by atoms with Gasteiger partial charge in [-0.15, -0.1) is 0 Å². The number of likely N-dealkylation sites (N-methyl/N-ethyl adjacent to an activating group) is 1. The molecule has 0 aromatic carbocycles. The first-order valence-corrected chi connectivity index (χ1v) is 37.1. The van der Waals surface area contributed by atoms with Crippen LogP contribution in [0.15, 0.2) is 0 Å². The minimum atomic E-state index is -1.76. The van der Waals surface area contributed by atoms with Gasteiger partial charge in [0.1, 0.15) is 0 Å². The molecular formula is C45H107N3O10Si4. The van der Waals surface area contributed by atoms with Crippen molar-refractivity contribution in [2.45, 2.75) is 200 Å². The van der Waals surface area contributed by atoms with Gasteiger partial charge in [-0.05, 0) is 155 Å². The molecule has 0 aromatic heterocycles. The molecule has 378 valence electrons. The Morgan fingerprint density at radius 1 is 0.500 bits per heavy atom. The molecule has 13 nitrogen and oxygen atoms in total. The number of hydrogen-bond acceptors (Lipinski definition) is 13. The van der Waals surface area contributed by atoms with Crippen LogP contribution in [-0.2, 0) is 27.2 Å². The first-order valence-electron chi connectivity index (χ1n) is 24.7. The van der Waals surface area contributed by atoms with Crippen molar-refractivity contribution >= 4 is 33.3 Å². The number of aliphatic hydroxyl groups excluding tert-OH is 4. The Morgan fingerprint density at radius 3 is 1.16 bits per heavy atom. The second-order valence-electron chi connectivity index (χ2n) is 19.0. The average Bonchev–Trinajstić information content (AvgIpc) is 3.20. The van der Waals surface area contributed by atoms with Gasteiger partial charge in [0, 0.05) is 39.5 Å². The van der Waals surface area contributed by atoms with Crippen LogP contribution in [0.5, 0.6) is 0 Å². The van der Waals surface area contributed by atoms with Gasteiger partial charge in [0.25, 0.3) is 0 Å². The maximum Gasteiger partial charge on any atom is 0.173 e. The number of unbranched alkanes of at least 4 members (excludes halogenated alkanes) is 3. The first-order chi connectivity index (χ1) is 29.2. The van der Waals surface area contributed by atoms with Gasteiger partial charge < -0.3 is 63.6 Å². The van der Waals surface area contributed by atoms with Gasteiger partial charge in [-0.3, -0.25) is 0 Å². The van der Waals surface area contributed by atoms with E-state index in [2.05, 4.69) is 69.5 Å². The lowest BCUT2D eigenvalue weighted by Crippen LogP contribution is -2.44. The van der Waals surface area contributed by atoms with E-state index in [4.69, 9.17) is 32.9 Å². The summed E-state index contributed by atoms with van der Waals surface area (Å²) >= 11 is 0. The highest BCUT2D eigenvalue weighted by Gasteiger charge is 2.33. The maximum atomic E-state index is 10.4. The molecule has 4 unspecified atom stereocenters. The van der Waals surface area contributed by atoms with Crippen LogP contribution in [0.2, 0.25) is 76.6 Å². The maximum absolute atomic E-state index is 10.4. The van der Waals surface area contributed by atoms with E-state index in [1.165, 1.54) is 25.7 Å². The fourth-order valence-electron chi connectivity index (χ4n) is 7.00. The molecule has 0 bridgehead atoms. The van der Waals surface area contributed by atoms with E-state index in [-0.39, 0.29) is 18.8 Å². The summed E-state index contributed by atoms with van der Waals surface area (Å²) in [6.07, 6.45) is 8.66. The van der Waals surface area contributed by atoms with E-state index in [1.807, 2.05) is 34.7 Å². The van der Waals surface area contributed by atoms with Crippen LogP contribution in [0.1, 0.15) is 98.8 Å². The lowest BCUT2D eigenvalue weighted by Gasteiger charge is -2.34. The van der Waals surface area contributed by atoms with E-state index >= 15 is 0 Å². The highest BCUT2D eigenvalue weighted by atomic mass is 28.4. The van der Waals surface area contributed by atoms with Crippen molar-refractivity contribution in [3.63, 3.8) is 0 Å². The molecule has 0 fully saturated rings. The molecular weight excluding hydrogens is 855 g/mol. The predicted octanol–water partition coefficient (Wildman–Crippen LogP) is 7.80. The summed E-state index contributed by atoms with van der Waals surface area (Å²) in [5.41, 5.74) is 5.39. The third-order valence-corrected chi connectivity index (χ3v) is 25.5. The Balaban J connectivity index is -0.00000114. The summed E-state index contributed by atoms with van der Waals surface area (Å²) in [5, 5.41) is 42.0. The first kappa shape index (κ1) is 66.6. The molecule has 0 saturated heterocycles. The number of nitrogens with two attached hydrogens (primary N) is 1. The van der Waals surface area contributed by atoms with Crippen LogP contribution in [0, 0.1) is 0 Å². The highest BCUT2D eigenvalue weighted by Crippen LogP contribution is 2.25. The van der Waals surface area contributed by atoms with E-state index in [0.29, 0.717) is 59.4 Å². The lowest BCUT2D eigenvalue weighted by molar-refractivity contribution is 0.0173. The fourth-order valence-corrected chi connectivity index (χ4v) is 24.6. The number of hydrogen-bond donors (Lipinski definition) is 6. The van der Waals surface area contributed by atoms with Crippen molar-refractivity contribution in [1.82, 2.24) is 10.2 Å². The summed E-state index contributed by atoms with van der Waals surface area (Å²) in [4.78, 5) is 2.33. The second-order valence-corrected chi connectivity index (χ2v) is 36.7. The number of rotatable bonds is 41. The van der Waals surface area contributed by atoms with Crippen LogP contribution in [0.3, 0.4) is 0 Å². The fraction of sp³-hybridized carbons (Fsp3) is 1.00. The van der Waals surface area contributed by atoms with E-state index in [9.17, 15) is 20.4 Å². The minimum absolute atomic E-state index is 0.237. The lowest BCUT2D eigenvalue weighted by atomic mass is 10.2. The molecule has 0 rings (SSSR count). The zero-order chi connectivity index (χ0) is 47.9. The Kier molecular flexibility index (Phi) is 44.6. The van der Waals surface area contributed by atoms with Crippen molar-refractivity contribution in [2.24, 2.45) is 5.73 Å². The Labute approximate surface area is 387 Å². The topological polar surface area (TPSA) is 178 Å². The summed E-state index contributed by atoms with van der Waals surface area (Å²) < 4.78 is 35.6. The average molecular weight is 963 g/mol. The number of nitrogens with one attached hydrogen (secondary N) is 1. The third-order valence-electron chi connectivity index (χ3n) is 10.4. The summed E-state index contributed by atoms with van der Waals surface area (Å²) in [7, 11) is -4.86. The van der Waals surface area contributed by atoms with Gasteiger partial charge in [0.15, 0.2) is 33.3 Å². The quantitative estimate of drug-likeness (QED) is 0.0259. The van der Waals surface area contributed by atoms with Crippen LogP contribution < -0.4 is 11.1 Å². The molecule has 0 aliphatic heterocycles. The van der Waals surface area contributed by atoms with Gasteiger partial charge in [-0.1, -0.05) is 47.5 Å². The molecule has 17 heteroatoms. The standard InChI is InChI=1S/C25H59N3O5Si2.C18H42O5Si2.C2H6/c1-7-28(15-11-9-8-10-14-27-2)21-25(30)23-32-17-13-19-35(5,6)33-34(3,4)18-12-16-31-22-24(29)20-26;1-7-17(19)15-21-11-9-13-24(3,4)23-25(5,6)14-10-12-22-16-18(20)8-2;1-2/h24-25,27,29-30H,7-23,26H2,1-6H3;17-20H,7-16H2,1-6H3;1-2H3. The van der Waals surface area contributed by atoms with Crippen molar-refractivity contribution in [1.29, 1.82) is 0 Å². The molecule has 4 atom stereocenters. The smallest absolute Gasteiger partial charge is 0.173 e. The second kappa shape index (κ2) is 41.5. The number of nitrogens with zero attached hydrogens (tertiary/aromatic N) is 1. The summed E-state index contributed by atoms with van der Waals surface area (Å²) in [5.74, 6) is 0. The molecule has 0 heterocycles. The van der Waals surface area contributed by atoms with Crippen molar-refractivity contribution in [3.8, 4) is 0 Å². The molecule has 7 N–H and O–H groups in total. The van der Waals surface area contributed by atoms with E-state index in [1.54, 1.807) is 0 Å². The molecule has 0 radical (unpaired) electrons. The van der Waals surface area contributed by atoms with Gasteiger partial charge >= 0.3 is 0 Å². The van der Waals surface area contributed by atoms with Gasteiger partial charge in [0.05, 0.1) is 50.8 Å². The monoisotopic (exact) mass is 962 g/mol. The molecule has 0 aromatic rings. The number of aliphatic hydroxyl groups is 4. The Bertz CT molecular complexity index is 934. The van der Waals surface area contributed by atoms with E-state index < -0.39 is 45.5 Å². The van der Waals surface area contributed by atoms with Crippen molar-refractivity contribution in [2.75, 3.05) is 92.6 Å². The van der Waals surface area contributed by atoms with Crippen LogP contribution in [0.25, 0.3) is 0 Å². The molecule has 0 aliphatic carbocycles. The van der Waals surface area contributed by atoms with Crippen LogP contribution in [0.4, 0.5) is 0 Å². The van der Waals surface area contributed by atoms with Gasteiger partial charge in [0.2, 0.25) is 0 Å². The predicted molar refractivity (Wildman–Crippen MR) is 273 cm³/mol. The van der Waals surface area contributed by atoms with Crippen molar-refractivity contribution in [3.05, 3.63) is 0 Å². The molecule has 0 aliphatic rings. The normalized spacial score (nSPS) is 14.5. The van der Waals surface area contributed by atoms with Crippen molar-refractivity contribution < 1.29 is 47.6 Å².